The number of hydrogen-bond acceptors (Lipinski definition) is 6. The molecule has 7 heteroatoms. The van der Waals surface area contributed by atoms with E-state index in [0.717, 1.165) is 11.5 Å². The first-order valence-electron chi connectivity index (χ1n) is 9.43. The van der Waals surface area contributed by atoms with E-state index in [9.17, 15) is 9.59 Å². The molecule has 0 N–H and O–H groups in total. The molecule has 1 aliphatic carbocycles. The normalized spacial score (nSPS) is 19.0. The molecule has 0 radical (unpaired) electrons. The zero-order valence-corrected chi connectivity index (χ0v) is 18.6. The van der Waals surface area contributed by atoms with E-state index in [1.54, 1.807) is 53.3 Å². The van der Waals surface area contributed by atoms with Crippen molar-refractivity contribution in [1.82, 2.24) is 5.06 Å². The zero-order chi connectivity index (χ0) is 21.1. The molecule has 0 bridgehead atoms. The fourth-order valence-corrected chi connectivity index (χ4v) is 3.23. The van der Waals surface area contributed by atoms with Gasteiger partial charge in [-0.1, -0.05) is 12.1 Å². The highest BCUT2D eigenvalue weighted by molar-refractivity contribution is 7.98. The van der Waals surface area contributed by atoms with Crippen LogP contribution in [0.1, 0.15) is 59.4 Å². The Morgan fingerprint density at radius 1 is 1.11 bits per heavy atom. The smallest absolute Gasteiger partial charge is 0.442 e. The third kappa shape index (κ3) is 7.26. The maximum atomic E-state index is 12.5. The van der Waals surface area contributed by atoms with Gasteiger partial charge in [0.25, 0.3) is 0 Å². The summed E-state index contributed by atoms with van der Waals surface area (Å²) in [6.07, 6.45) is 1.36. The van der Waals surface area contributed by atoms with E-state index >= 15 is 0 Å². The molecule has 2 atom stereocenters. The molecule has 0 aromatic heterocycles. The third-order valence-corrected chi connectivity index (χ3v) is 4.74. The number of carbonyl (C=O) groups is 2. The highest BCUT2D eigenvalue weighted by Crippen LogP contribution is 2.48. The first-order valence-corrected chi connectivity index (χ1v) is 10.7. The highest BCUT2D eigenvalue weighted by atomic mass is 32.2. The number of hydroxylamine groups is 2. The van der Waals surface area contributed by atoms with Gasteiger partial charge in [0.05, 0.1) is 6.54 Å². The lowest BCUT2D eigenvalue weighted by molar-refractivity contribution is -0.137. The Morgan fingerprint density at radius 3 is 2.32 bits per heavy atom. The maximum Gasteiger partial charge on any atom is 0.534 e. The van der Waals surface area contributed by atoms with Gasteiger partial charge in [0, 0.05) is 4.90 Å². The van der Waals surface area contributed by atoms with Crippen LogP contribution in [0.3, 0.4) is 0 Å². The molecule has 1 amide bonds. The first-order chi connectivity index (χ1) is 12.9. The number of hydrogen-bond donors (Lipinski definition) is 0. The van der Waals surface area contributed by atoms with Gasteiger partial charge in [-0.05, 0) is 83.8 Å². The summed E-state index contributed by atoms with van der Waals surface area (Å²) in [6, 6.07) is 8.38. The Morgan fingerprint density at radius 2 is 1.75 bits per heavy atom. The lowest BCUT2D eigenvalue weighted by Crippen LogP contribution is -2.40. The molecule has 0 heterocycles. The summed E-state index contributed by atoms with van der Waals surface area (Å²) in [6.45, 7) is 10.8. The Labute approximate surface area is 171 Å². The topological polar surface area (TPSA) is 65.1 Å². The number of ether oxygens (including phenoxy) is 2. The Balaban J connectivity index is 2.05. The van der Waals surface area contributed by atoms with Crippen LogP contribution in [0, 0.1) is 5.92 Å². The van der Waals surface area contributed by atoms with Crippen molar-refractivity contribution < 1.29 is 23.9 Å². The van der Waals surface area contributed by atoms with Crippen LogP contribution in [0.4, 0.5) is 9.59 Å². The fourth-order valence-electron chi connectivity index (χ4n) is 2.76. The van der Waals surface area contributed by atoms with Gasteiger partial charge >= 0.3 is 12.2 Å². The monoisotopic (exact) mass is 409 g/mol. The summed E-state index contributed by atoms with van der Waals surface area (Å²) in [4.78, 5) is 31.0. The van der Waals surface area contributed by atoms with Crippen LogP contribution in [-0.4, -0.2) is 41.3 Å². The average Bonchev–Trinajstić information content (AvgIpc) is 3.30. The predicted molar refractivity (Wildman–Crippen MR) is 109 cm³/mol. The van der Waals surface area contributed by atoms with Crippen molar-refractivity contribution >= 4 is 24.0 Å². The summed E-state index contributed by atoms with van der Waals surface area (Å²) in [7, 11) is 0. The molecule has 0 aliphatic heterocycles. The van der Waals surface area contributed by atoms with Crippen molar-refractivity contribution in [3.8, 4) is 0 Å². The molecule has 6 nitrogen and oxygen atoms in total. The van der Waals surface area contributed by atoms with Crippen LogP contribution in [0.25, 0.3) is 0 Å². The summed E-state index contributed by atoms with van der Waals surface area (Å²) in [5.74, 6) is 0.534. The van der Waals surface area contributed by atoms with Crippen molar-refractivity contribution in [2.45, 2.75) is 70.0 Å². The minimum atomic E-state index is -0.917. The lowest BCUT2D eigenvalue weighted by Gasteiger charge is -2.27. The summed E-state index contributed by atoms with van der Waals surface area (Å²) in [5.41, 5.74) is -0.169. The molecule has 1 aromatic rings. The number of nitrogens with zero attached hydrogens (tertiary/aromatic N) is 1. The van der Waals surface area contributed by atoms with E-state index in [4.69, 9.17) is 14.3 Å². The second-order valence-corrected chi connectivity index (χ2v) is 9.86. The second-order valence-electron chi connectivity index (χ2n) is 8.98. The van der Waals surface area contributed by atoms with E-state index in [1.165, 1.54) is 10.5 Å². The maximum absolute atomic E-state index is 12.5. The minimum Gasteiger partial charge on any atom is -0.442 e. The Hall–Kier alpha value is -1.89. The average molecular weight is 410 g/mol. The lowest BCUT2D eigenvalue weighted by atomic mass is 10.1. The molecule has 1 aliphatic rings. The third-order valence-electron chi connectivity index (χ3n) is 4.02. The Bertz CT molecular complexity index is 707. The van der Waals surface area contributed by atoms with Crippen LogP contribution < -0.4 is 0 Å². The van der Waals surface area contributed by atoms with Crippen molar-refractivity contribution in [2.75, 3.05) is 12.8 Å². The second kappa shape index (κ2) is 8.64. The number of thioether (sulfide) groups is 1. The minimum absolute atomic E-state index is 0.201. The molecular weight excluding hydrogens is 378 g/mol. The van der Waals surface area contributed by atoms with Crippen LogP contribution in [0.2, 0.25) is 0 Å². The van der Waals surface area contributed by atoms with Crippen LogP contribution in [0.15, 0.2) is 29.2 Å². The highest BCUT2D eigenvalue weighted by Gasteiger charge is 2.42. The van der Waals surface area contributed by atoms with E-state index in [2.05, 4.69) is 18.2 Å². The van der Waals surface area contributed by atoms with Crippen molar-refractivity contribution in [3.63, 3.8) is 0 Å². The van der Waals surface area contributed by atoms with Crippen LogP contribution >= 0.6 is 11.8 Å². The number of carbonyl (C=O) groups excluding carboxylic acids is 2. The molecule has 0 saturated heterocycles. The van der Waals surface area contributed by atoms with Gasteiger partial charge < -0.3 is 14.3 Å². The van der Waals surface area contributed by atoms with Crippen molar-refractivity contribution in [1.29, 1.82) is 0 Å². The molecular formula is C21H31NO5S. The van der Waals surface area contributed by atoms with E-state index < -0.39 is 23.5 Å². The zero-order valence-electron chi connectivity index (χ0n) is 17.8. The van der Waals surface area contributed by atoms with Crippen molar-refractivity contribution in [3.05, 3.63) is 29.8 Å². The molecule has 0 unspecified atom stereocenters. The largest absolute Gasteiger partial charge is 0.534 e. The summed E-state index contributed by atoms with van der Waals surface area (Å²) < 4.78 is 10.6. The number of rotatable bonds is 4. The number of benzene rings is 1. The van der Waals surface area contributed by atoms with Gasteiger partial charge in [0.2, 0.25) is 0 Å². The quantitative estimate of drug-likeness (QED) is 0.365. The molecule has 1 fully saturated rings. The molecule has 1 saturated carbocycles. The van der Waals surface area contributed by atoms with Gasteiger partial charge in [-0.3, -0.25) is 0 Å². The number of amides is 1. The molecule has 2 rings (SSSR count). The van der Waals surface area contributed by atoms with Gasteiger partial charge in [0.15, 0.2) is 0 Å². The van der Waals surface area contributed by atoms with Gasteiger partial charge in [-0.2, -0.15) is 0 Å². The molecule has 0 spiro atoms. The summed E-state index contributed by atoms with van der Waals surface area (Å²) >= 11 is 1.70. The van der Waals surface area contributed by atoms with Crippen LogP contribution in [0.5, 0.6) is 0 Å². The fraction of sp³-hybridized carbons (Fsp3) is 0.619. The van der Waals surface area contributed by atoms with E-state index in [1.807, 2.05) is 12.3 Å². The van der Waals surface area contributed by atoms with Crippen LogP contribution in [-0.2, 0) is 14.3 Å². The molecule has 1 aromatic carbocycles. The van der Waals surface area contributed by atoms with Crippen molar-refractivity contribution in [2.24, 2.45) is 5.92 Å². The van der Waals surface area contributed by atoms with Gasteiger partial charge in [-0.15, -0.1) is 16.8 Å². The molecule has 156 valence electrons. The standard InChI is InChI=1S/C21H31NO5S/c1-20(2,3)25-18(23)22(27-19(24)26-21(4,5)6)13-15-12-17(15)14-9-8-10-16(11-14)28-7/h8-11,15,17H,12-13H2,1-7H3/t15-,17-/m0/s1. The van der Waals surface area contributed by atoms with Gasteiger partial charge in [-0.25, -0.2) is 9.59 Å². The van der Waals surface area contributed by atoms with E-state index in [0.29, 0.717) is 5.92 Å². The summed E-state index contributed by atoms with van der Waals surface area (Å²) in [5, 5.41) is 0.989. The van der Waals surface area contributed by atoms with Gasteiger partial charge in [0.1, 0.15) is 11.2 Å². The molecule has 28 heavy (non-hydrogen) atoms. The predicted octanol–water partition coefficient (Wildman–Crippen LogP) is 5.62. The SMILES string of the molecule is CSc1cccc([C@@H]2C[C@H]2CN(OC(=O)OC(C)(C)C)C(=O)OC(C)(C)C)c1. The Kier molecular flexibility index (Phi) is 6.91. The van der Waals surface area contributed by atoms with E-state index in [-0.39, 0.29) is 12.5 Å². The first kappa shape index (κ1) is 22.4.